The van der Waals surface area contributed by atoms with Gasteiger partial charge in [0.05, 0.1) is 5.56 Å². The van der Waals surface area contributed by atoms with Crippen molar-refractivity contribution < 1.29 is 4.52 Å². The van der Waals surface area contributed by atoms with Crippen LogP contribution in [0.3, 0.4) is 0 Å². The largest absolute Gasteiger partial charge is 0.334 e. The summed E-state index contributed by atoms with van der Waals surface area (Å²) >= 11 is 1.59. The van der Waals surface area contributed by atoms with E-state index in [1.807, 2.05) is 39.6 Å². The van der Waals surface area contributed by atoms with Gasteiger partial charge in [0.15, 0.2) is 5.65 Å². The molecular weight excluding hydrogens is 262 g/mol. The van der Waals surface area contributed by atoms with E-state index in [1.165, 1.54) is 0 Å². The highest BCUT2D eigenvalue weighted by atomic mass is 32.1. The minimum absolute atomic E-state index is 0.528. The zero-order valence-electron chi connectivity index (χ0n) is 9.59. The van der Waals surface area contributed by atoms with Crippen LogP contribution in [0.15, 0.2) is 46.0 Å². The van der Waals surface area contributed by atoms with Gasteiger partial charge in [0.25, 0.3) is 5.89 Å². The third-order valence-electron chi connectivity index (χ3n) is 2.74. The Labute approximate surface area is 111 Å². The topological polar surface area (TPSA) is 69.1 Å². The standard InChI is InChI=1S/C12H7N5OS/c1-2-10-15-13-7-17(10)5-8(1)11-14-12(18-16-11)9-3-4-19-6-9/h1-7H. The maximum Gasteiger partial charge on any atom is 0.259 e. The van der Waals surface area contributed by atoms with Gasteiger partial charge in [-0.1, -0.05) is 5.16 Å². The Hall–Kier alpha value is -2.54. The molecule has 0 spiro atoms. The lowest BCUT2D eigenvalue weighted by atomic mass is 10.2. The van der Waals surface area contributed by atoms with E-state index in [4.69, 9.17) is 4.52 Å². The first-order chi connectivity index (χ1) is 9.40. The van der Waals surface area contributed by atoms with Gasteiger partial charge in [-0.3, -0.25) is 4.40 Å². The van der Waals surface area contributed by atoms with Gasteiger partial charge in [0.2, 0.25) is 5.82 Å². The van der Waals surface area contributed by atoms with E-state index in [0.29, 0.717) is 11.7 Å². The van der Waals surface area contributed by atoms with Crippen LogP contribution in [-0.4, -0.2) is 24.7 Å². The van der Waals surface area contributed by atoms with E-state index in [2.05, 4.69) is 20.3 Å². The summed E-state index contributed by atoms with van der Waals surface area (Å²) in [6.07, 6.45) is 3.51. The molecule has 0 radical (unpaired) electrons. The van der Waals surface area contributed by atoms with Crippen molar-refractivity contribution >= 4 is 17.0 Å². The average Bonchev–Trinajstić information content (AvgIpc) is 3.18. The van der Waals surface area contributed by atoms with Crippen molar-refractivity contribution in [3.63, 3.8) is 0 Å². The molecular formula is C12H7N5OS. The predicted octanol–water partition coefficient (Wildman–Crippen LogP) is 2.51. The highest BCUT2D eigenvalue weighted by molar-refractivity contribution is 7.08. The van der Waals surface area contributed by atoms with Crippen LogP contribution >= 0.6 is 11.3 Å². The van der Waals surface area contributed by atoms with Gasteiger partial charge >= 0.3 is 0 Å². The van der Waals surface area contributed by atoms with Crippen molar-refractivity contribution in [1.29, 1.82) is 0 Å². The van der Waals surface area contributed by atoms with E-state index < -0.39 is 0 Å². The second kappa shape index (κ2) is 3.99. The molecule has 19 heavy (non-hydrogen) atoms. The zero-order chi connectivity index (χ0) is 12.7. The fraction of sp³-hybridized carbons (Fsp3) is 0. The molecule has 0 aliphatic heterocycles. The van der Waals surface area contributed by atoms with Crippen LogP contribution in [0.5, 0.6) is 0 Å². The molecule has 4 rings (SSSR count). The lowest BCUT2D eigenvalue weighted by Gasteiger charge is -1.95. The number of aromatic nitrogens is 5. The second-order valence-corrected chi connectivity index (χ2v) is 4.73. The Morgan fingerprint density at radius 3 is 3.05 bits per heavy atom. The monoisotopic (exact) mass is 269 g/mol. The number of nitrogens with zero attached hydrogens (tertiary/aromatic N) is 5. The first-order valence-corrected chi connectivity index (χ1v) is 6.50. The second-order valence-electron chi connectivity index (χ2n) is 3.95. The van der Waals surface area contributed by atoms with E-state index in [9.17, 15) is 0 Å². The third kappa shape index (κ3) is 1.71. The Bertz CT molecular complexity index is 833. The molecule has 0 saturated carbocycles. The molecule has 0 atom stereocenters. The molecule has 0 bridgehead atoms. The Morgan fingerprint density at radius 2 is 2.16 bits per heavy atom. The van der Waals surface area contributed by atoms with Gasteiger partial charge < -0.3 is 4.52 Å². The molecule has 4 aromatic rings. The summed E-state index contributed by atoms with van der Waals surface area (Å²) in [7, 11) is 0. The lowest BCUT2D eigenvalue weighted by Crippen LogP contribution is -1.87. The fourth-order valence-electron chi connectivity index (χ4n) is 1.80. The highest BCUT2D eigenvalue weighted by Crippen LogP contribution is 2.23. The summed E-state index contributed by atoms with van der Waals surface area (Å²) in [5, 5.41) is 15.7. The van der Waals surface area contributed by atoms with Gasteiger partial charge in [0.1, 0.15) is 6.33 Å². The molecule has 7 heteroatoms. The minimum Gasteiger partial charge on any atom is -0.334 e. The van der Waals surface area contributed by atoms with Crippen LogP contribution in [0.1, 0.15) is 0 Å². The molecule has 0 unspecified atom stereocenters. The van der Waals surface area contributed by atoms with E-state index in [1.54, 1.807) is 17.7 Å². The molecule has 0 N–H and O–H groups in total. The number of pyridine rings is 1. The summed E-state index contributed by atoms with van der Waals surface area (Å²) in [6, 6.07) is 5.71. The molecule has 0 aliphatic carbocycles. The molecule has 6 nitrogen and oxygen atoms in total. The number of hydrogen-bond acceptors (Lipinski definition) is 6. The summed E-state index contributed by atoms with van der Waals surface area (Å²) in [4.78, 5) is 4.39. The Kier molecular flexibility index (Phi) is 2.18. The Morgan fingerprint density at radius 1 is 1.16 bits per heavy atom. The number of rotatable bonds is 2. The lowest BCUT2D eigenvalue weighted by molar-refractivity contribution is 0.432. The smallest absolute Gasteiger partial charge is 0.259 e. The van der Waals surface area contributed by atoms with Gasteiger partial charge in [-0.25, -0.2) is 0 Å². The summed E-state index contributed by atoms with van der Waals surface area (Å²) in [6.45, 7) is 0. The molecule has 0 saturated heterocycles. The van der Waals surface area contributed by atoms with Gasteiger partial charge in [0, 0.05) is 17.1 Å². The van der Waals surface area contributed by atoms with E-state index >= 15 is 0 Å². The zero-order valence-corrected chi connectivity index (χ0v) is 10.4. The molecule has 4 heterocycles. The quantitative estimate of drug-likeness (QED) is 0.559. The van der Waals surface area contributed by atoms with Crippen LogP contribution in [-0.2, 0) is 0 Å². The maximum atomic E-state index is 5.26. The van der Waals surface area contributed by atoms with Crippen molar-refractivity contribution in [2.24, 2.45) is 0 Å². The molecule has 4 aromatic heterocycles. The van der Waals surface area contributed by atoms with Crippen LogP contribution in [0.2, 0.25) is 0 Å². The van der Waals surface area contributed by atoms with E-state index in [0.717, 1.165) is 16.8 Å². The van der Waals surface area contributed by atoms with Crippen LogP contribution in [0.4, 0.5) is 0 Å². The van der Waals surface area contributed by atoms with Gasteiger partial charge in [-0.2, -0.15) is 16.3 Å². The number of fused-ring (bicyclic) bond motifs is 1. The van der Waals surface area contributed by atoms with E-state index in [-0.39, 0.29) is 0 Å². The number of thiophene rings is 1. The molecule has 0 aromatic carbocycles. The first-order valence-electron chi connectivity index (χ1n) is 5.56. The minimum atomic E-state index is 0.528. The van der Waals surface area contributed by atoms with Crippen LogP contribution in [0, 0.1) is 0 Å². The van der Waals surface area contributed by atoms with Crippen molar-refractivity contribution in [3.8, 4) is 22.8 Å². The summed E-state index contributed by atoms with van der Waals surface area (Å²) < 4.78 is 7.08. The van der Waals surface area contributed by atoms with Crippen molar-refractivity contribution in [2.75, 3.05) is 0 Å². The van der Waals surface area contributed by atoms with Gasteiger partial charge in [-0.05, 0) is 23.6 Å². The third-order valence-corrected chi connectivity index (χ3v) is 3.43. The molecule has 92 valence electrons. The van der Waals surface area contributed by atoms with Crippen LogP contribution < -0.4 is 0 Å². The molecule has 0 amide bonds. The SMILES string of the molecule is c1cc(-c2nc(-c3ccc4nncn4c3)no2)cs1. The Balaban J connectivity index is 1.79. The predicted molar refractivity (Wildman–Crippen MR) is 69.6 cm³/mol. The fourth-order valence-corrected chi connectivity index (χ4v) is 2.43. The average molecular weight is 269 g/mol. The first kappa shape index (κ1) is 10.4. The van der Waals surface area contributed by atoms with Crippen molar-refractivity contribution in [1.82, 2.24) is 24.7 Å². The summed E-state index contributed by atoms with van der Waals surface area (Å²) in [5.41, 5.74) is 2.58. The van der Waals surface area contributed by atoms with Crippen molar-refractivity contribution in [2.45, 2.75) is 0 Å². The van der Waals surface area contributed by atoms with Gasteiger partial charge in [-0.15, -0.1) is 10.2 Å². The molecule has 0 aliphatic rings. The maximum absolute atomic E-state index is 5.26. The summed E-state index contributed by atoms with van der Waals surface area (Å²) in [5.74, 6) is 1.08. The highest BCUT2D eigenvalue weighted by Gasteiger charge is 2.11. The van der Waals surface area contributed by atoms with Crippen molar-refractivity contribution in [3.05, 3.63) is 41.5 Å². The number of hydrogen-bond donors (Lipinski definition) is 0. The molecule has 0 fully saturated rings. The van der Waals surface area contributed by atoms with Crippen LogP contribution in [0.25, 0.3) is 28.5 Å². The normalized spacial score (nSPS) is 11.2.